The van der Waals surface area contributed by atoms with E-state index in [0.717, 1.165) is 37.5 Å². The number of hydrogen-bond acceptors (Lipinski definition) is 3. The summed E-state index contributed by atoms with van der Waals surface area (Å²) in [6.07, 6.45) is -1.91. The molecule has 1 aromatic rings. The lowest BCUT2D eigenvalue weighted by molar-refractivity contribution is -0.137. The summed E-state index contributed by atoms with van der Waals surface area (Å²) >= 11 is 0. The van der Waals surface area contributed by atoms with E-state index in [-0.39, 0.29) is 5.91 Å². The van der Waals surface area contributed by atoms with Gasteiger partial charge in [0.15, 0.2) is 0 Å². The van der Waals surface area contributed by atoms with Crippen molar-refractivity contribution in [2.75, 3.05) is 19.6 Å². The Bertz CT molecular complexity index is 720. The van der Waals surface area contributed by atoms with E-state index in [1.165, 1.54) is 0 Å². The highest BCUT2D eigenvalue weighted by Gasteiger charge is 2.31. The van der Waals surface area contributed by atoms with Crippen molar-refractivity contribution in [2.24, 2.45) is 5.92 Å². The van der Waals surface area contributed by atoms with Crippen LogP contribution in [0.25, 0.3) is 0 Å². The first-order chi connectivity index (χ1) is 11.6. The molecule has 0 aromatic heterocycles. The number of benzene rings is 1. The molecule has 25 heavy (non-hydrogen) atoms. The second-order valence-electron chi connectivity index (χ2n) is 6.27. The van der Waals surface area contributed by atoms with E-state index in [0.29, 0.717) is 25.1 Å². The van der Waals surface area contributed by atoms with Gasteiger partial charge in [-0.25, -0.2) is 13.1 Å². The second kappa shape index (κ2) is 7.74. The Morgan fingerprint density at radius 1 is 1.28 bits per heavy atom. The monoisotopic (exact) mass is 378 g/mol. The SMILES string of the molecule is CC1CCCN(C(=O)CNS(=O)(=O)c2cccc(C(F)(F)F)c2)CC1. The van der Waals surface area contributed by atoms with Gasteiger partial charge in [0.05, 0.1) is 17.0 Å². The van der Waals surface area contributed by atoms with Gasteiger partial charge in [-0.3, -0.25) is 4.79 Å². The molecule has 1 aliphatic rings. The van der Waals surface area contributed by atoms with Crippen LogP contribution in [0, 0.1) is 5.92 Å². The molecule has 1 heterocycles. The van der Waals surface area contributed by atoms with Crippen LogP contribution < -0.4 is 4.72 Å². The third kappa shape index (κ3) is 5.43. The van der Waals surface area contributed by atoms with Crippen LogP contribution in [-0.2, 0) is 21.0 Å². The largest absolute Gasteiger partial charge is 0.416 e. The lowest BCUT2D eigenvalue weighted by Crippen LogP contribution is -2.40. The normalized spacial score (nSPS) is 19.5. The number of likely N-dealkylation sites (tertiary alicyclic amines) is 1. The first kappa shape index (κ1) is 19.7. The maximum Gasteiger partial charge on any atom is 0.416 e. The van der Waals surface area contributed by atoms with Crippen LogP contribution in [-0.4, -0.2) is 38.9 Å². The second-order valence-corrected chi connectivity index (χ2v) is 8.03. The first-order valence-electron chi connectivity index (χ1n) is 8.04. The van der Waals surface area contributed by atoms with Crippen molar-refractivity contribution in [1.82, 2.24) is 9.62 Å². The summed E-state index contributed by atoms with van der Waals surface area (Å²) < 4.78 is 64.6. The van der Waals surface area contributed by atoms with E-state index < -0.39 is 33.2 Å². The number of alkyl halides is 3. The predicted octanol–water partition coefficient (Wildman–Crippen LogP) is 2.63. The fourth-order valence-corrected chi connectivity index (χ4v) is 3.72. The van der Waals surface area contributed by atoms with E-state index >= 15 is 0 Å². The quantitative estimate of drug-likeness (QED) is 0.876. The van der Waals surface area contributed by atoms with Gasteiger partial charge < -0.3 is 4.90 Å². The zero-order chi connectivity index (χ0) is 18.7. The number of nitrogens with zero attached hydrogens (tertiary/aromatic N) is 1. The molecule has 1 saturated heterocycles. The van der Waals surface area contributed by atoms with Crippen LogP contribution in [0.15, 0.2) is 29.2 Å². The van der Waals surface area contributed by atoms with Gasteiger partial charge in [0.25, 0.3) is 0 Å². The Labute approximate surface area is 145 Å². The Kier molecular flexibility index (Phi) is 6.10. The molecule has 1 fully saturated rings. The number of rotatable bonds is 4. The van der Waals surface area contributed by atoms with Gasteiger partial charge in [0.1, 0.15) is 0 Å². The number of carbonyl (C=O) groups is 1. The molecule has 2 rings (SSSR count). The molecule has 0 bridgehead atoms. The lowest BCUT2D eigenvalue weighted by Gasteiger charge is -2.20. The maximum atomic E-state index is 12.7. The van der Waals surface area contributed by atoms with Gasteiger partial charge in [-0.1, -0.05) is 13.0 Å². The summed E-state index contributed by atoms with van der Waals surface area (Å²) in [7, 11) is -4.19. The van der Waals surface area contributed by atoms with Gasteiger partial charge in [0, 0.05) is 13.1 Å². The smallest absolute Gasteiger partial charge is 0.342 e. The van der Waals surface area contributed by atoms with Crippen LogP contribution in [0.3, 0.4) is 0 Å². The van der Waals surface area contributed by atoms with E-state index in [1.807, 2.05) is 0 Å². The molecule has 0 aliphatic carbocycles. The zero-order valence-corrected chi connectivity index (χ0v) is 14.7. The highest BCUT2D eigenvalue weighted by atomic mass is 32.2. The molecule has 5 nitrogen and oxygen atoms in total. The van der Waals surface area contributed by atoms with E-state index in [1.54, 1.807) is 4.90 Å². The Morgan fingerprint density at radius 3 is 2.68 bits per heavy atom. The van der Waals surface area contributed by atoms with Crippen molar-refractivity contribution in [1.29, 1.82) is 0 Å². The standard InChI is InChI=1S/C16H21F3N2O3S/c1-12-4-3-8-21(9-7-12)15(22)11-20-25(23,24)14-6-2-5-13(10-14)16(17,18)19/h2,5-6,10,12,20H,3-4,7-9,11H2,1H3. The van der Waals surface area contributed by atoms with Crippen LogP contribution in [0.1, 0.15) is 31.7 Å². The Morgan fingerprint density at radius 2 is 2.00 bits per heavy atom. The minimum atomic E-state index is -4.63. The average molecular weight is 378 g/mol. The summed E-state index contributed by atoms with van der Waals surface area (Å²) in [5.74, 6) is 0.143. The molecule has 1 aromatic carbocycles. The highest BCUT2D eigenvalue weighted by Crippen LogP contribution is 2.30. The van der Waals surface area contributed by atoms with E-state index in [4.69, 9.17) is 0 Å². The fourth-order valence-electron chi connectivity index (χ4n) is 2.70. The third-order valence-corrected chi connectivity index (χ3v) is 5.65. The number of sulfonamides is 1. The molecule has 1 atom stereocenters. The van der Waals surface area contributed by atoms with Gasteiger partial charge >= 0.3 is 6.18 Å². The molecule has 1 N–H and O–H groups in total. The highest BCUT2D eigenvalue weighted by molar-refractivity contribution is 7.89. The minimum absolute atomic E-state index is 0.371. The van der Waals surface area contributed by atoms with E-state index in [2.05, 4.69) is 11.6 Å². The average Bonchev–Trinajstić information content (AvgIpc) is 2.77. The zero-order valence-electron chi connectivity index (χ0n) is 13.8. The minimum Gasteiger partial charge on any atom is -0.342 e. The Hall–Kier alpha value is -1.61. The van der Waals surface area contributed by atoms with Crippen molar-refractivity contribution >= 4 is 15.9 Å². The summed E-state index contributed by atoms with van der Waals surface area (Å²) in [5, 5.41) is 0. The van der Waals surface area contributed by atoms with Crippen LogP contribution in [0.2, 0.25) is 0 Å². The van der Waals surface area contributed by atoms with Crippen molar-refractivity contribution in [3.05, 3.63) is 29.8 Å². The van der Waals surface area contributed by atoms with Crippen molar-refractivity contribution in [3.8, 4) is 0 Å². The molecule has 0 saturated carbocycles. The Balaban J connectivity index is 2.03. The maximum absolute atomic E-state index is 12.7. The predicted molar refractivity (Wildman–Crippen MR) is 86.2 cm³/mol. The molecule has 0 radical (unpaired) electrons. The molecule has 1 aliphatic heterocycles. The van der Waals surface area contributed by atoms with Gasteiger partial charge in [-0.15, -0.1) is 0 Å². The van der Waals surface area contributed by atoms with Crippen molar-refractivity contribution in [2.45, 2.75) is 37.3 Å². The van der Waals surface area contributed by atoms with Gasteiger partial charge in [-0.2, -0.15) is 13.2 Å². The van der Waals surface area contributed by atoms with Crippen LogP contribution >= 0.6 is 0 Å². The molecular weight excluding hydrogens is 357 g/mol. The van der Waals surface area contributed by atoms with Gasteiger partial charge in [0.2, 0.25) is 15.9 Å². The van der Waals surface area contributed by atoms with Gasteiger partial charge in [-0.05, 0) is 43.4 Å². The molecular formula is C16H21F3N2O3S. The van der Waals surface area contributed by atoms with Crippen molar-refractivity contribution in [3.63, 3.8) is 0 Å². The lowest BCUT2D eigenvalue weighted by atomic mass is 10.0. The fraction of sp³-hybridized carbons (Fsp3) is 0.562. The molecule has 0 spiro atoms. The molecule has 1 amide bonds. The number of nitrogens with one attached hydrogen (secondary N) is 1. The number of halogens is 3. The summed E-state index contributed by atoms with van der Waals surface area (Å²) in [4.78, 5) is 13.3. The third-order valence-electron chi connectivity index (χ3n) is 4.25. The molecule has 1 unspecified atom stereocenters. The topological polar surface area (TPSA) is 66.5 Å². The van der Waals surface area contributed by atoms with Crippen LogP contribution in [0.4, 0.5) is 13.2 Å². The number of hydrogen-bond donors (Lipinski definition) is 1. The first-order valence-corrected chi connectivity index (χ1v) is 9.52. The summed E-state index contributed by atoms with van der Waals surface area (Å²) in [6, 6.07) is 3.44. The molecule has 140 valence electrons. The number of amides is 1. The molecule has 9 heteroatoms. The number of carbonyl (C=O) groups excluding carboxylic acids is 1. The summed E-state index contributed by atoms with van der Waals surface area (Å²) in [5.41, 5.74) is -1.05. The van der Waals surface area contributed by atoms with Crippen LogP contribution in [0.5, 0.6) is 0 Å². The van der Waals surface area contributed by atoms with Crippen molar-refractivity contribution < 1.29 is 26.4 Å². The summed E-state index contributed by atoms with van der Waals surface area (Å²) in [6.45, 7) is 2.76. The van der Waals surface area contributed by atoms with E-state index in [9.17, 15) is 26.4 Å².